The largest absolute Gasteiger partial charge is 0.505 e. The van der Waals surface area contributed by atoms with Crippen LogP contribution in [0.3, 0.4) is 0 Å². The smallest absolute Gasteiger partial charge is 0.273 e. The molecular formula is C7H7FN2O4. The number of nitro benzene ring substituents is 1. The van der Waals surface area contributed by atoms with Gasteiger partial charge in [0.25, 0.3) is 5.69 Å². The Balaban J connectivity index is 3.20. The summed E-state index contributed by atoms with van der Waals surface area (Å²) >= 11 is 0. The van der Waals surface area contributed by atoms with E-state index in [0.717, 1.165) is 6.07 Å². The molecule has 0 fully saturated rings. The molecule has 0 aliphatic carbocycles. The molecule has 1 aromatic carbocycles. The molecule has 3 N–H and O–H groups in total. The van der Waals surface area contributed by atoms with E-state index in [1.807, 2.05) is 0 Å². The number of rotatable bonds is 3. The fourth-order valence-corrected chi connectivity index (χ4v) is 0.945. The molecule has 0 saturated heterocycles. The number of nitrogens with two attached hydrogens (primary N) is 1. The van der Waals surface area contributed by atoms with Crippen molar-refractivity contribution in [2.45, 2.75) is 6.61 Å². The molecule has 0 unspecified atom stereocenters. The predicted molar refractivity (Wildman–Crippen MR) is 43.7 cm³/mol. The molecule has 0 aliphatic rings. The van der Waals surface area contributed by atoms with Crippen molar-refractivity contribution in [3.63, 3.8) is 0 Å². The van der Waals surface area contributed by atoms with E-state index < -0.39 is 22.2 Å². The number of benzene rings is 1. The Bertz CT molecular complexity index is 369. The first-order valence-electron chi connectivity index (χ1n) is 3.53. The number of phenolic OH excluding ortho intramolecular Hbond substituents is 1. The summed E-state index contributed by atoms with van der Waals surface area (Å²) in [5, 5.41) is 19.4. The summed E-state index contributed by atoms with van der Waals surface area (Å²) in [6.07, 6.45) is 0. The summed E-state index contributed by atoms with van der Waals surface area (Å²) in [4.78, 5) is 13.7. The molecule has 0 saturated carbocycles. The normalized spacial score (nSPS) is 10.1. The summed E-state index contributed by atoms with van der Waals surface area (Å²) in [5.41, 5.74) is -0.536. The number of non-ortho nitro benzene ring substituents is 1. The van der Waals surface area contributed by atoms with Crippen molar-refractivity contribution in [3.8, 4) is 5.75 Å². The number of hydrogen-bond acceptors (Lipinski definition) is 5. The molecule has 1 aromatic rings. The Morgan fingerprint density at radius 2 is 2.29 bits per heavy atom. The number of nitrogens with zero attached hydrogens (tertiary/aromatic N) is 1. The Morgan fingerprint density at radius 1 is 1.64 bits per heavy atom. The Hall–Kier alpha value is -1.73. The van der Waals surface area contributed by atoms with Gasteiger partial charge in [0.2, 0.25) is 0 Å². The van der Waals surface area contributed by atoms with Crippen LogP contribution in [0.1, 0.15) is 5.56 Å². The maximum atomic E-state index is 12.9. The zero-order chi connectivity index (χ0) is 10.7. The van der Waals surface area contributed by atoms with E-state index in [1.165, 1.54) is 0 Å². The molecule has 76 valence electrons. The third-order valence-corrected chi connectivity index (χ3v) is 1.58. The van der Waals surface area contributed by atoms with Crippen molar-refractivity contribution >= 4 is 5.69 Å². The summed E-state index contributed by atoms with van der Waals surface area (Å²) in [5.74, 6) is 2.93. The number of halogens is 1. The minimum Gasteiger partial charge on any atom is -0.505 e. The van der Waals surface area contributed by atoms with Gasteiger partial charge in [0.15, 0.2) is 11.6 Å². The molecule has 0 amide bonds. The highest BCUT2D eigenvalue weighted by atomic mass is 19.1. The van der Waals surface area contributed by atoms with Crippen LogP contribution in [0.25, 0.3) is 0 Å². The van der Waals surface area contributed by atoms with Crippen LogP contribution in [0.5, 0.6) is 5.75 Å². The van der Waals surface area contributed by atoms with Crippen molar-refractivity contribution in [3.05, 3.63) is 33.6 Å². The lowest BCUT2D eigenvalue weighted by Crippen LogP contribution is -2.01. The Morgan fingerprint density at radius 3 is 2.79 bits per heavy atom. The van der Waals surface area contributed by atoms with Gasteiger partial charge in [-0.15, -0.1) is 0 Å². The highest BCUT2D eigenvalue weighted by molar-refractivity contribution is 5.43. The molecule has 0 heterocycles. The predicted octanol–water partition coefficient (Wildman–Crippen LogP) is 0.830. The van der Waals surface area contributed by atoms with Crippen LogP contribution in [-0.2, 0) is 11.4 Å². The molecule has 7 heteroatoms. The second-order valence-electron chi connectivity index (χ2n) is 2.50. The average molecular weight is 202 g/mol. The van der Waals surface area contributed by atoms with Crippen LogP contribution in [0, 0.1) is 15.9 Å². The monoisotopic (exact) mass is 202 g/mol. The highest BCUT2D eigenvalue weighted by Gasteiger charge is 2.15. The lowest BCUT2D eigenvalue weighted by molar-refractivity contribution is -0.385. The van der Waals surface area contributed by atoms with Crippen molar-refractivity contribution in [2.75, 3.05) is 0 Å². The topological polar surface area (TPSA) is 98.6 Å². The first kappa shape index (κ1) is 10.4. The molecule has 14 heavy (non-hydrogen) atoms. The molecule has 1 rings (SSSR count). The molecule has 0 spiro atoms. The summed E-state index contributed by atoms with van der Waals surface area (Å²) < 4.78 is 12.9. The van der Waals surface area contributed by atoms with Gasteiger partial charge in [0.05, 0.1) is 17.6 Å². The standard InChI is InChI=1S/C7H7FN2O4/c8-6-2-5(10(12)13)1-4(3-14-9)7(6)11/h1-2,11H,3,9H2. The van der Waals surface area contributed by atoms with E-state index in [4.69, 9.17) is 11.0 Å². The van der Waals surface area contributed by atoms with Crippen LogP contribution in [0.2, 0.25) is 0 Å². The SMILES string of the molecule is NOCc1cc([N+](=O)[O-])cc(F)c1O. The van der Waals surface area contributed by atoms with E-state index >= 15 is 0 Å². The van der Waals surface area contributed by atoms with Gasteiger partial charge in [-0.1, -0.05) is 0 Å². The van der Waals surface area contributed by atoms with Crippen molar-refractivity contribution < 1.29 is 19.3 Å². The van der Waals surface area contributed by atoms with Gasteiger partial charge in [-0.25, -0.2) is 10.3 Å². The summed E-state index contributed by atoms with van der Waals surface area (Å²) in [7, 11) is 0. The molecular weight excluding hydrogens is 195 g/mol. The van der Waals surface area contributed by atoms with Crippen LogP contribution in [0.15, 0.2) is 12.1 Å². The zero-order valence-electron chi connectivity index (χ0n) is 6.94. The summed E-state index contributed by atoms with van der Waals surface area (Å²) in [6, 6.07) is 1.61. The van der Waals surface area contributed by atoms with Crippen molar-refractivity contribution in [1.82, 2.24) is 0 Å². The maximum Gasteiger partial charge on any atom is 0.273 e. The van der Waals surface area contributed by atoms with Crippen LogP contribution >= 0.6 is 0 Å². The second kappa shape index (κ2) is 3.99. The minimum atomic E-state index is -1.08. The van der Waals surface area contributed by atoms with Gasteiger partial charge >= 0.3 is 0 Å². The van der Waals surface area contributed by atoms with Crippen molar-refractivity contribution in [1.29, 1.82) is 0 Å². The van der Waals surface area contributed by atoms with Crippen molar-refractivity contribution in [2.24, 2.45) is 5.90 Å². The number of nitro groups is 1. The molecule has 0 bridgehead atoms. The van der Waals surface area contributed by atoms with Gasteiger partial charge in [-0.3, -0.25) is 15.0 Å². The van der Waals surface area contributed by atoms with Gasteiger partial charge in [-0.05, 0) is 0 Å². The van der Waals surface area contributed by atoms with Gasteiger partial charge < -0.3 is 5.11 Å². The lowest BCUT2D eigenvalue weighted by Gasteiger charge is -2.03. The van der Waals surface area contributed by atoms with Gasteiger partial charge in [0, 0.05) is 11.6 Å². The molecule has 0 atom stereocenters. The third kappa shape index (κ3) is 1.95. The van der Waals surface area contributed by atoms with Crippen LogP contribution in [-0.4, -0.2) is 10.0 Å². The molecule has 0 aromatic heterocycles. The van der Waals surface area contributed by atoms with E-state index in [0.29, 0.717) is 6.07 Å². The fraction of sp³-hybridized carbons (Fsp3) is 0.143. The Kier molecular flexibility index (Phi) is 2.95. The van der Waals surface area contributed by atoms with Crippen LogP contribution < -0.4 is 5.90 Å². The average Bonchev–Trinajstić information content (AvgIpc) is 2.12. The molecule has 0 radical (unpaired) electrons. The number of hydrogen-bond donors (Lipinski definition) is 2. The Labute approximate surface area is 77.8 Å². The lowest BCUT2D eigenvalue weighted by atomic mass is 10.2. The second-order valence-corrected chi connectivity index (χ2v) is 2.50. The maximum absolute atomic E-state index is 12.9. The van der Waals surface area contributed by atoms with Crippen LogP contribution in [0.4, 0.5) is 10.1 Å². The molecule has 6 nitrogen and oxygen atoms in total. The van der Waals surface area contributed by atoms with E-state index in [9.17, 15) is 14.5 Å². The van der Waals surface area contributed by atoms with Gasteiger partial charge in [0.1, 0.15) is 0 Å². The number of aromatic hydroxyl groups is 1. The minimum absolute atomic E-state index is 0.0702. The van der Waals surface area contributed by atoms with E-state index in [1.54, 1.807) is 0 Å². The zero-order valence-corrected chi connectivity index (χ0v) is 6.94. The van der Waals surface area contributed by atoms with Gasteiger partial charge in [-0.2, -0.15) is 0 Å². The van der Waals surface area contributed by atoms with E-state index in [2.05, 4.69) is 4.84 Å². The summed E-state index contributed by atoms with van der Waals surface area (Å²) in [6.45, 7) is -0.301. The quantitative estimate of drug-likeness (QED) is 0.558. The first-order chi connectivity index (χ1) is 6.56. The first-order valence-corrected chi connectivity index (χ1v) is 3.53. The highest BCUT2D eigenvalue weighted by Crippen LogP contribution is 2.27. The molecule has 0 aliphatic heterocycles. The van der Waals surface area contributed by atoms with E-state index in [-0.39, 0.29) is 12.2 Å². The number of phenols is 1. The fourth-order valence-electron chi connectivity index (χ4n) is 0.945. The third-order valence-electron chi connectivity index (χ3n) is 1.58.